The number of halogens is 4. The summed E-state index contributed by atoms with van der Waals surface area (Å²) in [5.74, 6) is -3.84. The van der Waals surface area contributed by atoms with Crippen molar-refractivity contribution in [3.8, 4) is 5.75 Å². The van der Waals surface area contributed by atoms with Crippen LogP contribution in [-0.4, -0.2) is 13.5 Å². The van der Waals surface area contributed by atoms with E-state index in [9.17, 15) is 26.7 Å². The van der Waals surface area contributed by atoms with E-state index in [0.717, 1.165) is 12.1 Å². The lowest BCUT2D eigenvalue weighted by Crippen LogP contribution is -2.15. The van der Waals surface area contributed by atoms with Gasteiger partial charge >= 0.3 is 0 Å². The van der Waals surface area contributed by atoms with Gasteiger partial charge in [-0.25, -0.2) is 21.6 Å². The second kappa shape index (κ2) is 5.45. The van der Waals surface area contributed by atoms with Crippen LogP contribution in [0.2, 0.25) is 5.02 Å². The summed E-state index contributed by atoms with van der Waals surface area (Å²) < 4.78 is 65.3. The smallest absolute Gasteiger partial charge is 0.265 e. The van der Waals surface area contributed by atoms with Crippen LogP contribution in [-0.2, 0) is 10.0 Å². The first-order valence-electron chi connectivity index (χ1n) is 5.36. The molecule has 0 aliphatic carbocycles. The molecule has 112 valence electrons. The number of rotatable bonds is 3. The van der Waals surface area contributed by atoms with Gasteiger partial charge in [0.2, 0.25) is 0 Å². The van der Waals surface area contributed by atoms with Gasteiger partial charge in [-0.1, -0.05) is 11.6 Å². The molecule has 21 heavy (non-hydrogen) atoms. The molecule has 0 spiro atoms. The van der Waals surface area contributed by atoms with Crippen LogP contribution in [0.3, 0.4) is 0 Å². The highest BCUT2D eigenvalue weighted by molar-refractivity contribution is 7.92. The third kappa shape index (κ3) is 3.22. The molecule has 9 heteroatoms. The molecule has 0 saturated carbocycles. The number of hydrogen-bond acceptors (Lipinski definition) is 3. The van der Waals surface area contributed by atoms with Crippen molar-refractivity contribution in [2.45, 2.75) is 4.90 Å². The summed E-state index contributed by atoms with van der Waals surface area (Å²) in [5, 5.41) is 9.13. The molecule has 0 fully saturated rings. The second-order valence-corrected chi connectivity index (χ2v) is 6.02. The van der Waals surface area contributed by atoms with Crippen LogP contribution >= 0.6 is 11.6 Å². The van der Waals surface area contributed by atoms with Gasteiger partial charge in [-0.05, 0) is 24.3 Å². The lowest BCUT2D eigenvalue weighted by atomic mass is 10.3. The number of hydrogen-bond donors (Lipinski definition) is 2. The number of phenols is 1. The van der Waals surface area contributed by atoms with Crippen molar-refractivity contribution in [2.24, 2.45) is 0 Å². The lowest BCUT2D eigenvalue weighted by molar-refractivity contribution is 0.476. The molecular weight excluding hydrogens is 331 g/mol. The highest BCUT2D eigenvalue weighted by Crippen LogP contribution is 2.34. The molecule has 0 heterocycles. The highest BCUT2D eigenvalue weighted by atomic mass is 35.5. The Bertz CT molecular complexity index is 812. The van der Waals surface area contributed by atoms with Crippen molar-refractivity contribution in [1.29, 1.82) is 0 Å². The number of sulfonamides is 1. The van der Waals surface area contributed by atoms with Crippen molar-refractivity contribution < 1.29 is 26.7 Å². The van der Waals surface area contributed by atoms with E-state index >= 15 is 0 Å². The van der Waals surface area contributed by atoms with Crippen LogP contribution < -0.4 is 4.72 Å². The van der Waals surface area contributed by atoms with E-state index in [-0.39, 0.29) is 0 Å². The van der Waals surface area contributed by atoms with Crippen LogP contribution in [0.25, 0.3) is 0 Å². The fourth-order valence-electron chi connectivity index (χ4n) is 1.53. The summed E-state index contributed by atoms with van der Waals surface area (Å²) in [5.41, 5.74) is -0.594. The van der Waals surface area contributed by atoms with Crippen LogP contribution in [0, 0.1) is 17.5 Å². The van der Waals surface area contributed by atoms with E-state index in [2.05, 4.69) is 0 Å². The number of anilines is 1. The maximum Gasteiger partial charge on any atom is 0.265 e. The van der Waals surface area contributed by atoms with E-state index < -0.39 is 48.8 Å². The topological polar surface area (TPSA) is 66.4 Å². The van der Waals surface area contributed by atoms with Crippen LogP contribution in [0.1, 0.15) is 0 Å². The van der Waals surface area contributed by atoms with Crippen LogP contribution in [0.15, 0.2) is 35.2 Å². The molecule has 2 N–H and O–H groups in total. The van der Waals surface area contributed by atoms with E-state index in [0.29, 0.717) is 18.2 Å². The van der Waals surface area contributed by atoms with Crippen molar-refractivity contribution in [1.82, 2.24) is 0 Å². The molecule has 0 atom stereocenters. The number of benzene rings is 2. The van der Waals surface area contributed by atoms with Crippen molar-refractivity contribution in [3.63, 3.8) is 0 Å². The Morgan fingerprint density at radius 1 is 1.05 bits per heavy atom. The largest absolute Gasteiger partial charge is 0.504 e. The summed E-state index contributed by atoms with van der Waals surface area (Å²) >= 11 is 5.49. The fourth-order valence-corrected chi connectivity index (χ4v) is 2.88. The molecule has 2 aromatic rings. The van der Waals surface area contributed by atoms with E-state index in [1.165, 1.54) is 0 Å². The first-order chi connectivity index (χ1) is 9.70. The monoisotopic (exact) mass is 337 g/mol. The molecule has 2 rings (SSSR count). The molecular formula is C12H7ClF3NO3S. The standard InChI is InChI=1S/C12H7ClF3NO3S/c13-8-3-7(15)4-10(12(8)18)17-21(19,20)11-5-6(14)1-2-9(11)16/h1-5,17-18H. The SMILES string of the molecule is O=S(=O)(Nc1cc(F)cc(Cl)c1O)c1cc(F)ccc1F. The third-order valence-corrected chi connectivity index (χ3v) is 4.12. The number of nitrogens with one attached hydrogen (secondary N) is 1. The Kier molecular flexibility index (Phi) is 4.02. The van der Waals surface area contributed by atoms with Gasteiger partial charge in [0.15, 0.2) is 5.75 Å². The normalized spacial score (nSPS) is 11.4. The summed E-state index contributed by atoms with van der Waals surface area (Å²) in [6.45, 7) is 0. The average molecular weight is 338 g/mol. The van der Waals surface area contributed by atoms with Crippen LogP contribution in [0.4, 0.5) is 18.9 Å². The first-order valence-corrected chi connectivity index (χ1v) is 7.22. The zero-order valence-corrected chi connectivity index (χ0v) is 11.6. The predicted molar refractivity (Wildman–Crippen MR) is 70.2 cm³/mol. The molecule has 0 saturated heterocycles. The summed E-state index contributed by atoms with van der Waals surface area (Å²) in [6, 6.07) is 3.23. The van der Waals surface area contributed by atoms with E-state index in [1.54, 1.807) is 4.72 Å². The minimum absolute atomic E-state index is 0.438. The Labute approximate surface area is 122 Å². The molecule has 0 bridgehead atoms. The van der Waals surface area contributed by atoms with Crippen molar-refractivity contribution >= 4 is 27.3 Å². The summed E-state index contributed by atoms with van der Waals surface area (Å²) in [7, 11) is -4.57. The fraction of sp³-hybridized carbons (Fsp3) is 0. The Hall–Kier alpha value is -1.93. The Balaban J connectivity index is 2.50. The molecule has 0 unspecified atom stereocenters. The number of phenolic OH excluding ortho intramolecular Hbond substituents is 1. The predicted octanol–water partition coefficient (Wildman–Crippen LogP) is 3.26. The van der Waals surface area contributed by atoms with Gasteiger partial charge in [0.25, 0.3) is 10.0 Å². The van der Waals surface area contributed by atoms with E-state index in [4.69, 9.17) is 11.6 Å². The zero-order valence-electron chi connectivity index (χ0n) is 10.1. The highest BCUT2D eigenvalue weighted by Gasteiger charge is 2.22. The summed E-state index contributed by atoms with van der Waals surface area (Å²) in [6.07, 6.45) is 0. The lowest BCUT2D eigenvalue weighted by Gasteiger charge is -2.11. The van der Waals surface area contributed by atoms with Crippen LogP contribution in [0.5, 0.6) is 5.75 Å². The minimum Gasteiger partial charge on any atom is -0.504 e. The van der Waals surface area contributed by atoms with Gasteiger partial charge in [-0.3, -0.25) is 4.72 Å². The maximum atomic E-state index is 13.5. The van der Waals surface area contributed by atoms with Gasteiger partial charge in [-0.15, -0.1) is 0 Å². The molecule has 0 radical (unpaired) electrons. The Morgan fingerprint density at radius 3 is 2.38 bits per heavy atom. The van der Waals surface area contributed by atoms with Gasteiger partial charge < -0.3 is 5.11 Å². The molecule has 4 nitrogen and oxygen atoms in total. The first kappa shape index (κ1) is 15.5. The van der Waals surface area contributed by atoms with Gasteiger partial charge in [0, 0.05) is 6.07 Å². The average Bonchev–Trinajstić information content (AvgIpc) is 2.37. The van der Waals surface area contributed by atoms with Crippen molar-refractivity contribution in [2.75, 3.05) is 4.72 Å². The van der Waals surface area contributed by atoms with Crippen molar-refractivity contribution in [3.05, 3.63) is 52.8 Å². The van der Waals surface area contributed by atoms with E-state index in [1.807, 2.05) is 0 Å². The van der Waals surface area contributed by atoms with Gasteiger partial charge in [0.1, 0.15) is 22.3 Å². The Morgan fingerprint density at radius 2 is 1.71 bits per heavy atom. The molecule has 0 aliphatic rings. The second-order valence-electron chi connectivity index (χ2n) is 3.96. The quantitative estimate of drug-likeness (QED) is 0.845. The molecule has 0 aromatic heterocycles. The molecule has 2 aromatic carbocycles. The van der Waals surface area contributed by atoms with Gasteiger partial charge in [-0.2, -0.15) is 0 Å². The maximum absolute atomic E-state index is 13.5. The molecule has 0 amide bonds. The minimum atomic E-state index is -4.57. The molecule has 0 aliphatic heterocycles. The number of aromatic hydroxyl groups is 1. The summed E-state index contributed by atoms with van der Waals surface area (Å²) in [4.78, 5) is -0.984. The zero-order chi connectivity index (χ0) is 15.8. The van der Waals surface area contributed by atoms with Gasteiger partial charge in [0.05, 0.1) is 10.7 Å². The third-order valence-electron chi connectivity index (χ3n) is 2.46.